The monoisotopic (exact) mass is 312 g/mol. The molecule has 1 aromatic heterocycles. The van der Waals surface area contributed by atoms with E-state index < -0.39 is 14.9 Å². The summed E-state index contributed by atoms with van der Waals surface area (Å²) in [4.78, 5) is 10.8. The standard InChI is InChI=1S/C12H12N2O4S2/c1-9(12-6-3-7-19-12)13-20(17,18)11-5-2-4-10(8-11)14(15)16/h2-9,13H,1H3. The maximum Gasteiger partial charge on any atom is 0.270 e. The van der Waals surface area contributed by atoms with Gasteiger partial charge in [-0.2, -0.15) is 0 Å². The first-order valence-corrected chi connectivity index (χ1v) is 8.06. The van der Waals surface area contributed by atoms with E-state index in [9.17, 15) is 18.5 Å². The first kappa shape index (κ1) is 14.6. The number of nitrogens with zero attached hydrogens (tertiary/aromatic N) is 1. The lowest BCUT2D eigenvalue weighted by molar-refractivity contribution is -0.385. The fraction of sp³-hybridized carbons (Fsp3) is 0.167. The smallest absolute Gasteiger partial charge is 0.258 e. The van der Waals surface area contributed by atoms with Crippen molar-refractivity contribution in [2.75, 3.05) is 0 Å². The molecule has 1 atom stereocenters. The lowest BCUT2D eigenvalue weighted by atomic mass is 10.3. The summed E-state index contributed by atoms with van der Waals surface area (Å²) >= 11 is 1.44. The Kier molecular flexibility index (Phi) is 4.17. The second-order valence-electron chi connectivity index (χ2n) is 4.11. The Balaban J connectivity index is 2.26. The van der Waals surface area contributed by atoms with Gasteiger partial charge in [-0.05, 0) is 24.4 Å². The van der Waals surface area contributed by atoms with Crippen molar-refractivity contribution in [2.45, 2.75) is 17.9 Å². The molecule has 0 spiro atoms. The van der Waals surface area contributed by atoms with E-state index in [2.05, 4.69) is 4.72 Å². The molecular weight excluding hydrogens is 300 g/mol. The minimum absolute atomic E-state index is 0.116. The molecule has 2 aromatic rings. The van der Waals surface area contributed by atoms with E-state index in [-0.39, 0.29) is 16.6 Å². The van der Waals surface area contributed by atoms with Crippen LogP contribution in [0.15, 0.2) is 46.7 Å². The number of benzene rings is 1. The van der Waals surface area contributed by atoms with Gasteiger partial charge < -0.3 is 0 Å². The van der Waals surface area contributed by atoms with Gasteiger partial charge in [0, 0.05) is 17.0 Å². The first-order chi connectivity index (χ1) is 9.40. The normalized spacial score (nSPS) is 13.1. The Bertz CT molecular complexity index is 711. The summed E-state index contributed by atoms with van der Waals surface area (Å²) in [6.07, 6.45) is 0. The van der Waals surface area contributed by atoms with Crippen LogP contribution in [-0.4, -0.2) is 13.3 Å². The molecule has 106 valence electrons. The molecule has 0 radical (unpaired) electrons. The quantitative estimate of drug-likeness (QED) is 0.679. The maximum absolute atomic E-state index is 12.2. The highest BCUT2D eigenvalue weighted by molar-refractivity contribution is 7.89. The molecule has 0 bridgehead atoms. The Labute approximate surface area is 120 Å². The average molecular weight is 312 g/mol. The Morgan fingerprint density at radius 2 is 2.05 bits per heavy atom. The summed E-state index contributed by atoms with van der Waals surface area (Å²) in [6, 6.07) is 8.24. The van der Waals surface area contributed by atoms with Crippen molar-refractivity contribution < 1.29 is 13.3 Å². The van der Waals surface area contributed by atoms with E-state index in [1.807, 2.05) is 17.5 Å². The van der Waals surface area contributed by atoms with Crippen LogP contribution in [0.5, 0.6) is 0 Å². The molecule has 1 unspecified atom stereocenters. The van der Waals surface area contributed by atoms with Gasteiger partial charge in [0.1, 0.15) is 0 Å². The van der Waals surface area contributed by atoms with Gasteiger partial charge in [0.05, 0.1) is 15.9 Å². The minimum atomic E-state index is -3.79. The molecule has 0 amide bonds. The number of hydrogen-bond donors (Lipinski definition) is 1. The van der Waals surface area contributed by atoms with E-state index >= 15 is 0 Å². The van der Waals surface area contributed by atoms with Crippen molar-refractivity contribution in [3.8, 4) is 0 Å². The van der Waals surface area contributed by atoms with E-state index in [0.717, 1.165) is 10.9 Å². The van der Waals surface area contributed by atoms with Gasteiger partial charge in [-0.1, -0.05) is 12.1 Å². The molecule has 0 aliphatic rings. The van der Waals surface area contributed by atoms with Crippen LogP contribution >= 0.6 is 11.3 Å². The van der Waals surface area contributed by atoms with Gasteiger partial charge in [0.15, 0.2) is 0 Å². The second-order valence-corrected chi connectivity index (χ2v) is 6.81. The first-order valence-electron chi connectivity index (χ1n) is 5.70. The number of nitro groups is 1. The summed E-state index contributed by atoms with van der Waals surface area (Å²) in [6.45, 7) is 1.72. The van der Waals surface area contributed by atoms with Crippen LogP contribution in [0.25, 0.3) is 0 Å². The van der Waals surface area contributed by atoms with Gasteiger partial charge >= 0.3 is 0 Å². The third kappa shape index (κ3) is 3.21. The molecule has 6 nitrogen and oxygen atoms in total. The van der Waals surface area contributed by atoms with Gasteiger partial charge in [-0.25, -0.2) is 13.1 Å². The Morgan fingerprint density at radius 1 is 1.30 bits per heavy atom. The van der Waals surface area contributed by atoms with Crippen LogP contribution in [0.3, 0.4) is 0 Å². The predicted octanol–water partition coefficient (Wildman–Crippen LogP) is 2.70. The maximum atomic E-state index is 12.2. The number of thiophene rings is 1. The second kappa shape index (κ2) is 5.70. The highest BCUT2D eigenvalue weighted by Crippen LogP contribution is 2.22. The van der Waals surface area contributed by atoms with Crippen LogP contribution in [0, 0.1) is 10.1 Å². The predicted molar refractivity (Wildman–Crippen MR) is 76.2 cm³/mol. The van der Waals surface area contributed by atoms with Crippen molar-refractivity contribution in [3.05, 3.63) is 56.8 Å². The number of rotatable bonds is 5. The van der Waals surface area contributed by atoms with E-state index in [1.165, 1.54) is 29.5 Å². The third-order valence-electron chi connectivity index (χ3n) is 2.64. The topological polar surface area (TPSA) is 89.3 Å². The van der Waals surface area contributed by atoms with E-state index in [1.54, 1.807) is 6.92 Å². The molecule has 1 N–H and O–H groups in total. The van der Waals surface area contributed by atoms with E-state index in [0.29, 0.717) is 0 Å². The molecule has 0 aliphatic heterocycles. The molecule has 20 heavy (non-hydrogen) atoms. The van der Waals surface area contributed by atoms with Crippen LogP contribution in [-0.2, 0) is 10.0 Å². The van der Waals surface area contributed by atoms with Gasteiger partial charge in [-0.3, -0.25) is 10.1 Å². The molecular formula is C12H12N2O4S2. The van der Waals surface area contributed by atoms with Gasteiger partial charge in [-0.15, -0.1) is 11.3 Å². The molecule has 1 heterocycles. The Morgan fingerprint density at radius 3 is 2.65 bits per heavy atom. The molecule has 0 aliphatic carbocycles. The van der Waals surface area contributed by atoms with Crippen molar-refractivity contribution >= 4 is 27.0 Å². The lowest BCUT2D eigenvalue weighted by Gasteiger charge is -2.12. The number of nitro benzene ring substituents is 1. The zero-order valence-corrected chi connectivity index (χ0v) is 12.1. The Hall–Kier alpha value is -1.77. The van der Waals surface area contributed by atoms with Crippen molar-refractivity contribution in [1.82, 2.24) is 4.72 Å². The van der Waals surface area contributed by atoms with Crippen molar-refractivity contribution in [1.29, 1.82) is 0 Å². The van der Waals surface area contributed by atoms with Crippen LogP contribution < -0.4 is 4.72 Å². The average Bonchev–Trinajstić information content (AvgIpc) is 2.92. The molecule has 2 rings (SSSR count). The number of hydrogen-bond acceptors (Lipinski definition) is 5. The van der Waals surface area contributed by atoms with Crippen molar-refractivity contribution in [3.63, 3.8) is 0 Å². The number of non-ortho nitro benzene ring substituents is 1. The number of sulfonamides is 1. The summed E-state index contributed by atoms with van der Waals surface area (Å²) in [5.74, 6) is 0. The van der Waals surface area contributed by atoms with E-state index in [4.69, 9.17) is 0 Å². The SMILES string of the molecule is CC(NS(=O)(=O)c1cccc([N+](=O)[O-])c1)c1cccs1. The highest BCUT2D eigenvalue weighted by atomic mass is 32.2. The minimum Gasteiger partial charge on any atom is -0.258 e. The van der Waals surface area contributed by atoms with Gasteiger partial charge in [0.2, 0.25) is 10.0 Å². The zero-order chi connectivity index (χ0) is 14.8. The molecule has 8 heteroatoms. The van der Waals surface area contributed by atoms with Gasteiger partial charge in [0.25, 0.3) is 5.69 Å². The van der Waals surface area contributed by atoms with Crippen LogP contribution in [0.1, 0.15) is 17.8 Å². The molecule has 0 fully saturated rings. The lowest BCUT2D eigenvalue weighted by Crippen LogP contribution is -2.26. The van der Waals surface area contributed by atoms with Crippen molar-refractivity contribution in [2.24, 2.45) is 0 Å². The molecule has 0 saturated heterocycles. The molecule has 1 aromatic carbocycles. The third-order valence-corrected chi connectivity index (χ3v) is 5.23. The summed E-state index contributed by atoms with van der Waals surface area (Å²) in [5.41, 5.74) is -0.253. The van der Waals surface area contributed by atoms with Crippen LogP contribution in [0.2, 0.25) is 0 Å². The summed E-state index contributed by atoms with van der Waals surface area (Å²) < 4.78 is 26.9. The fourth-order valence-corrected chi connectivity index (χ4v) is 3.73. The van der Waals surface area contributed by atoms with Crippen LogP contribution in [0.4, 0.5) is 5.69 Å². The zero-order valence-electron chi connectivity index (χ0n) is 10.5. The summed E-state index contributed by atoms with van der Waals surface area (Å²) in [5, 5.41) is 12.5. The summed E-state index contributed by atoms with van der Waals surface area (Å²) in [7, 11) is -3.79. The largest absolute Gasteiger partial charge is 0.270 e. The highest BCUT2D eigenvalue weighted by Gasteiger charge is 2.21. The molecule has 0 saturated carbocycles. The fourth-order valence-electron chi connectivity index (χ4n) is 1.66. The number of nitrogens with one attached hydrogen (secondary N) is 1.